The van der Waals surface area contributed by atoms with E-state index >= 15 is 0 Å². The van der Waals surface area contributed by atoms with Crippen LogP contribution in [0.25, 0.3) is 0 Å². The Labute approximate surface area is 197 Å². The molecule has 33 heavy (non-hydrogen) atoms. The summed E-state index contributed by atoms with van der Waals surface area (Å²) in [5, 5.41) is 0. The molecule has 0 bridgehead atoms. The second-order valence-corrected chi connectivity index (χ2v) is 10.7. The Hall–Kier alpha value is -2.15. The zero-order valence-electron chi connectivity index (χ0n) is 20.7. The summed E-state index contributed by atoms with van der Waals surface area (Å²) >= 11 is 0. The summed E-state index contributed by atoms with van der Waals surface area (Å²) < 4.78 is 26.4. The second kappa shape index (κ2) is 10.9. The zero-order chi connectivity index (χ0) is 24.2. The molecule has 0 radical (unpaired) electrons. The van der Waals surface area contributed by atoms with Crippen LogP contribution in [0.15, 0.2) is 18.2 Å². The van der Waals surface area contributed by atoms with Gasteiger partial charge in [0.15, 0.2) is 0 Å². The molecule has 2 aliphatic rings. The quantitative estimate of drug-likeness (QED) is 0.602. The maximum atomic E-state index is 14.7. The van der Waals surface area contributed by atoms with Crippen molar-refractivity contribution in [1.29, 1.82) is 0 Å². The first-order valence-electron chi connectivity index (χ1n) is 12.1. The van der Waals surface area contributed by atoms with E-state index in [4.69, 9.17) is 9.47 Å². The average molecular weight is 463 g/mol. The van der Waals surface area contributed by atoms with Crippen LogP contribution in [0.3, 0.4) is 0 Å². The van der Waals surface area contributed by atoms with Gasteiger partial charge in [-0.1, -0.05) is 6.07 Å². The largest absolute Gasteiger partial charge is 0.444 e. The van der Waals surface area contributed by atoms with Crippen LogP contribution in [0.2, 0.25) is 0 Å². The third-order valence-electron chi connectivity index (χ3n) is 6.60. The zero-order valence-corrected chi connectivity index (χ0v) is 20.7. The molecule has 0 unspecified atom stereocenters. The van der Waals surface area contributed by atoms with Gasteiger partial charge >= 0.3 is 6.09 Å². The van der Waals surface area contributed by atoms with Crippen molar-refractivity contribution in [2.24, 2.45) is 5.92 Å². The monoisotopic (exact) mass is 462 g/mol. The standard InChI is InChI=1S/C26H39FN2O4/c1-26(2,3)33-25(31)29-14-12-18(13-15-29)17-32-21-9-6-19(7-10-21)22-11-8-20(16-23(22)27)24(30)28(4)5/h8,11,16,18-19,21H,6-7,9-10,12-15,17H2,1-5H3/t19-,21-. The lowest BCUT2D eigenvalue weighted by molar-refractivity contribution is -0.0144. The van der Waals surface area contributed by atoms with E-state index in [0.29, 0.717) is 36.7 Å². The van der Waals surface area contributed by atoms with E-state index in [-0.39, 0.29) is 29.8 Å². The molecular formula is C26H39FN2O4. The molecular weight excluding hydrogens is 423 g/mol. The van der Waals surface area contributed by atoms with E-state index in [1.807, 2.05) is 20.8 Å². The molecule has 7 heteroatoms. The molecule has 1 aliphatic heterocycles. The van der Waals surface area contributed by atoms with Crippen molar-refractivity contribution >= 4 is 12.0 Å². The highest BCUT2D eigenvalue weighted by molar-refractivity contribution is 5.93. The first-order chi connectivity index (χ1) is 15.5. The Morgan fingerprint density at radius 2 is 1.70 bits per heavy atom. The molecule has 1 saturated heterocycles. The number of benzene rings is 1. The van der Waals surface area contributed by atoms with Gasteiger partial charge in [-0.05, 0) is 88.8 Å². The summed E-state index contributed by atoms with van der Waals surface area (Å²) in [5.74, 6) is 0.157. The van der Waals surface area contributed by atoms with Gasteiger partial charge < -0.3 is 19.3 Å². The molecule has 0 aromatic heterocycles. The molecule has 0 atom stereocenters. The summed E-state index contributed by atoms with van der Waals surface area (Å²) in [7, 11) is 3.33. The van der Waals surface area contributed by atoms with Crippen molar-refractivity contribution in [2.45, 2.75) is 76.9 Å². The Morgan fingerprint density at radius 3 is 2.24 bits per heavy atom. The van der Waals surface area contributed by atoms with Crippen LogP contribution < -0.4 is 0 Å². The number of amides is 2. The van der Waals surface area contributed by atoms with Gasteiger partial charge in [0.2, 0.25) is 0 Å². The predicted octanol–water partition coefficient (Wildman–Crippen LogP) is 5.22. The highest BCUT2D eigenvalue weighted by Crippen LogP contribution is 2.36. The van der Waals surface area contributed by atoms with Gasteiger partial charge in [0, 0.05) is 39.4 Å². The summed E-state index contributed by atoms with van der Waals surface area (Å²) in [6.45, 7) is 7.79. The van der Waals surface area contributed by atoms with Gasteiger partial charge in [-0.2, -0.15) is 0 Å². The van der Waals surface area contributed by atoms with E-state index in [1.165, 1.54) is 11.0 Å². The van der Waals surface area contributed by atoms with Crippen LogP contribution in [0, 0.1) is 11.7 Å². The summed E-state index contributed by atoms with van der Waals surface area (Å²) in [6.07, 6.45) is 5.45. The van der Waals surface area contributed by atoms with Crippen molar-refractivity contribution in [2.75, 3.05) is 33.8 Å². The molecule has 1 aromatic carbocycles. The van der Waals surface area contributed by atoms with E-state index in [0.717, 1.165) is 38.5 Å². The third-order valence-corrected chi connectivity index (χ3v) is 6.60. The van der Waals surface area contributed by atoms with Gasteiger partial charge in [-0.3, -0.25) is 4.79 Å². The van der Waals surface area contributed by atoms with Gasteiger partial charge in [-0.15, -0.1) is 0 Å². The summed E-state index contributed by atoms with van der Waals surface area (Å²) in [6, 6.07) is 4.87. The molecule has 3 rings (SSSR count). The van der Waals surface area contributed by atoms with Crippen molar-refractivity contribution in [3.63, 3.8) is 0 Å². The lowest BCUT2D eigenvalue weighted by Crippen LogP contribution is -2.42. The molecule has 0 spiro atoms. The number of carbonyl (C=O) groups is 2. The van der Waals surface area contributed by atoms with Gasteiger partial charge in [0.05, 0.1) is 6.10 Å². The first kappa shape index (κ1) is 25.5. The average Bonchev–Trinajstić information content (AvgIpc) is 2.76. The fourth-order valence-electron chi connectivity index (χ4n) is 4.67. The van der Waals surface area contributed by atoms with Crippen molar-refractivity contribution in [3.05, 3.63) is 35.1 Å². The molecule has 1 aromatic rings. The molecule has 6 nitrogen and oxygen atoms in total. The highest BCUT2D eigenvalue weighted by atomic mass is 19.1. The maximum absolute atomic E-state index is 14.7. The number of ether oxygens (including phenoxy) is 2. The molecule has 1 saturated carbocycles. The smallest absolute Gasteiger partial charge is 0.410 e. The number of nitrogens with zero attached hydrogens (tertiary/aromatic N) is 2. The number of carbonyl (C=O) groups excluding carboxylic acids is 2. The summed E-state index contributed by atoms with van der Waals surface area (Å²) in [4.78, 5) is 27.5. The predicted molar refractivity (Wildman–Crippen MR) is 126 cm³/mol. The highest BCUT2D eigenvalue weighted by Gasteiger charge is 2.29. The number of hydrogen-bond donors (Lipinski definition) is 0. The minimum atomic E-state index is -0.468. The third kappa shape index (κ3) is 7.16. The van der Waals surface area contributed by atoms with Gasteiger partial charge in [-0.25, -0.2) is 9.18 Å². The SMILES string of the molecule is CN(C)C(=O)c1ccc([C@H]2CC[C@H](OCC3CCN(C(=O)OC(C)(C)C)CC3)CC2)c(F)c1. The van der Waals surface area contributed by atoms with Crippen LogP contribution in [0.4, 0.5) is 9.18 Å². The fraction of sp³-hybridized carbons (Fsp3) is 0.692. The number of hydrogen-bond acceptors (Lipinski definition) is 4. The minimum Gasteiger partial charge on any atom is -0.444 e. The minimum absolute atomic E-state index is 0.172. The van der Waals surface area contributed by atoms with Crippen molar-refractivity contribution in [1.82, 2.24) is 9.80 Å². The molecule has 2 fully saturated rings. The van der Waals surface area contributed by atoms with Crippen LogP contribution in [-0.2, 0) is 9.47 Å². The molecule has 184 valence electrons. The molecule has 0 N–H and O–H groups in total. The molecule has 2 amide bonds. The van der Waals surface area contributed by atoms with Gasteiger partial charge in [0.1, 0.15) is 11.4 Å². The van der Waals surface area contributed by atoms with Crippen LogP contribution >= 0.6 is 0 Å². The lowest BCUT2D eigenvalue weighted by Gasteiger charge is -2.34. The summed E-state index contributed by atoms with van der Waals surface area (Å²) in [5.41, 5.74) is 0.624. The van der Waals surface area contributed by atoms with Crippen molar-refractivity contribution in [3.8, 4) is 0 Å². The fourth-order valence-corrected chi connectivity index (χ4v) is 4.67. The Kier molecular flexibility index (Phi) is 8.38. The van der Waals surface area contributed by atoms with Crippen molar-refractivity contribution < 1.29 is 23.5 Å². The number of piperidine rings is 1. The van der Waals surface area contributed by atoms with Crippen LogP contribution in [0.1, 0.15) is 81.1 Å². The number of likely N-dealkylation sites (tertiary alicyclic amines) is 1. The van der Waals surface area contributed by atoms with E-state index < -0.39 is 5.60 Å². The van der Waals surface area contributed by atoms with Crippen LogP contribution in [-0.4, -0.2) is 67.3 Å². The van der Waals surface area contributed by atoms with Crippen LogP contribution in [0.5, 0.6) is 0 Å². The first-order valence-corrected chi connectivity index (χ1v) is 12.1. The Bertz CT molecular complexity index is 820. The number of halogens is 1. The molecule has 1 heterocycles. The number of rotatable bonds is 5. The maximum Gasteiger partial charge on any atom is 0.410 e. The normalized spacial score (nSPS) is 22.2. The second-order valence-electron chi connectivity index (χ2n) is 10.7. The van der Waals surface area contributed by atoms with E-state index in [2.05, 4.69) is 0 Å². The Balaban J connectivity index is 1.40. The topological polar surface area (TPSA) is 59.1 Å². The Morgan fingerprint density at radius 1 is 1.06 bits per heavy atom. The lowest BCUT2D eigenvalue weighted by atomic mass is 9.82. The van der Waals surface area contributed by atoms with E-state index in [9.17, 15) is 14.0 Å². The van der Waals surface area contributed by atoms with Gasteiger partial charge in [0.25, 0.3) is 5.91 Å². The van der Waals surface area contributed by atoms with E-state index in [1.54, 1.807) is 31.1 Å². The molecule has 1 aliphatic carbocycles.